The summed E-state index contributed by atoms with van der Waals surface area (Å²) >= 11 is 0. The largest absolute Gasteiger partial charge is 0.456 e. The highest BCUT2D eigenvalue weighted by Crippen LogP contribution is 2.43. The van der Waals surface area contributed by atoms with E-state index in [1.807, 2.05) is 48.5 Å². The van der Waals surface area contributed by atoms with Crippen molar-refractivity contribution in [3.63, 3.8) is 0 Å². The molecule has 1 aliphatic heterocycles. The average Bonchev–Trinajstić information content (AvgIpc) is 3.83. The predicted octanol–water partition coefficient (Wildman–Crippen LogP) is 12.5. The molecule has 5 heteroatoms. The number of para-hydroxylation sites is 2. The predicted molar refractivity (Wildman–Crippen MR) is 221 cm³/mol. The van der Waals surface area contributed by atoms with Crippen molar-refractivity contribution < 1.29 is 8.83 Å². The highest BCUT2D eigenvalue weighted by molar-refractivity contribution is 6.25. The van der Waals surface area contributed by atoms with Gasteiger partial charge in [-0.1, -0.05) is 146 Å². The van der Waals surface area contributed by atoms with E-state index in [9.17, 15) is 0 Å². The van der Waals surface area contributed by atoms with Crippen LogP contribution in [0.5, 0.6) is 0 Å². The van der Waals surface area contributed by atoms with Crippen molar-refractivity contribution in [2.24, 2.45) is 9.98 Å². The molecule has 0 aliphatic carbocycles. The van der Waals surface area contributed by atoms with Gasteiger partial charge in [0.1, 0.15) is 34.3 Å². The second kappa shape index (κ2) is 12.2. The van der Waals surface area contributed by atoms with Gasteiger partial charge in [-0.25, -0.2) is 9.98 Å². The zero-order valence-electron chi connectivity index (χ0n) is 29.0. The highest BCUT2D eigenvalue weighted by Gasteiger charge is 2.26. The van der Waals surface area contributed by atoms with E-state index in [4.69, 9.17) is 18.8 Å². The van der Waals surface area contributed by atoms with Crippen molar-refractivity contribution in [2.75, 3.05) is 0 Å². The number of furan rings is 2. The molecule has 0 amide bonds. The lowest BCUT2D eigenvalue weighted by molar-refractivity contribution is 0.667. The highest BCUT2D eigenvalue weighted by atomic mass is 16.3. The summed E-state index contributed by atoms with van der Waals surface area (Å²) in [5, 5.41) is 10.3. The zero-order valence-corrected chi connectivity index (χ0v) is 29.0. The second-order valence-electron chi connectivity index (χ2n) is 13.8. The van der Waals surface area contributed by atoms with Gasteiger partial charge in [0.05, 0.1) is 0 Å². The number of nitrogens with zero attached hydrogens (tertiary/aromatic N) is 2. The molecule has 0 radical (unpaired) electrons. The topological polar surface area (TPSA) is 63.0 Å². The first-order valence-electron chi connectivity index (χ1n) is 18.2. The molecule has 0 bridgehead atoms. The molecule has 0 saturated heterocycles. The Hall–Kier alpha value is -7.24. The number of rotatable bonds is 5. The third-order valence-corrected chi connectivity index (χ3v) is 10.5. The first-order valence-corrected chi connectivity index (χ1v) is 18.2. The van der Waals surface area contributed by atoms with Crippen LogP contribution in [-0.2, 0) is 0 Å². The van der Waals surface area contributed by atoms with Crippen molar-refractivity contribution in [1.82, 2.24) is 5.32 Å². The maximum absolute atomic E-state index is 6.70. The fourth-order valence-electron chi connectivity index (χ4n) is 7.95. The Morgan fingerprint density at radius 2 is 1.06 bits per heavy atom. The third-order valence-electron chi connectivity index (χ3n) is 10.5. The number of fused-ring (bicyclic) bond motifs is 8. The number of hydrogen-bond donors (Lipinski definition) is 1. The maximum atomic E-state index is 6.70. The third kappa shape index (κ3) is 4.94. The lowest BCUT2D eigenvalue weighted by atomic mass is 9.93. The summed E-state index contributed by atoms with van der Waals surface area (Å²) in [5.41, 5.74) is 10.5. The minimum absolute atomic E-state index is 0.359. The summed E-state index contributed by atoms with van der Waals surface area (Å²) in [6, 6.07) is 60.9. The Balaban J connectivity index is 1.15. The molecule has 1 N–H and O–H groups in total. The van der Waals surface area contributed by atoms with Crippen molar-refractivity contribution in [3.8, 4) is 22.3 Å². The van der Waals surface area contributed by atoms with E-state index in [1.165, 1.54) is 5.56 Å². The molecule has 8 aromatic carbocycles. The van der Waals surface area contributed by atoms with E-state index in [0.29, 0.717) is 5.84 Å². The number of aliphatic imine (C=N–C) groups is 2. The SMILES string of the molecule is c1ccc(-c2ccc(C3=NC(c4ccccc4)NC(c4cc(-c5cc6ccccc6c6c5oc5ccccc56)cc5oc6ccccc6c45)=N3)cc2)cc1. The first kappa shape index (κ1) is 30.4. The second-order valence-corrected chi connectivity index (χ2v) is 13.8. The lowest BCUT2D eigenvalue weighted by Crippen LogP contribution is -2.33. The van der Waals surface area contributed by atoms with E-state index in [1.54, 1.807) is 0 Å². The summed E-state index contributed by atoms with van der Waals surface area (Å²) in [4.78, 5) is 10.5. The van der Waals surface area contributed by atoms with Crippen LogP contribution in [-0.4, -0.2) is 11.7 Å². The van der Waals surface area contributed by atoms with Gasteiger partial charge in [-0.05, 0) is 63.4 Å². The van der Waals surface area contributed by atoms with Gasteiger partial charge in [0.15, 0.2) is 5.84 Å². The molecule has 54 heavy (non-hydrogen) atoms. The van der Waals surface area contributed by atoms with Crippen LogP contribution in [0.4, 0.5) is 0 Å². The Morgan fingerprint density at radius 3 is 1.83 bits per heavy atom. The fraction of sp³-hybridized carbons (Fsp3) is 0.0204. The quantitative estimate of drug-likeness (QED) is 0.195. The Kier molecular flexibility index (Phi) is 6.85. The van der Waals surface area contributed by atoms with Gasteiger partial charge in [-0.3, -0.25) is 0 Å². The first-order chi connectivity index (χ1) is 26.7. The minimum Gasteiger partial charge on any atom is -0.456 e. The maximum Gasteiger partial charge on any atom is 0.159 e. The minimum atomic E-state index is -0.359. The normalized spacial score (nSPS) is 14.5. The van der Waals surface area contributed by atoms with Crippen molar-refractivity contribution in [2.45, 2.75) is 6.17 Å². The fourth-order valence-corrected chi connectivity index (χ4v) is 7.95. The molecule has 0 saturated carbocycles. The number of hydrogen-bond acceptors (Lipinski definition) is 5. The number of benzene rings is 8. The molecule has 1 atom stereocenters. The van der Waals surface area contributed by atoms with Gasteiger partial charge < -0.3 is 14.2 Å². The Bertz CT molecular complexity index is 3120. The van der Waals surface area contributed by atoms with Crippen LogP contribution in [0.15, 0.2) is 195 Å². The van der Waals surface area contributed by atoms with Crippen LogP contribution < -0.4 is 5.32 Å². The van der Waals surface area contributed by atoms with Gasteiger partial charge in [0, 0.05) is 38.2 Å². The molecule has 5 nitrogen and oxygen atoms in total. The van der Waals surface area contributed by atoms with Crippen molar-refractivity contribution in [1.29, 1.82) is 0 Å². The molecule has 10 aromatic rings. The van der Waals surface area contributed by atoms with Crippen LogP contribution in [0.2, 0.25) is 0 Å². The summed E-state index contributed by atoms with van der Waals surface area (Å²) < 4.78 is 13.3. The van der Waals surface area contributed by atoms with Crippen LogP contribution in [0.3, 0.4) is 0 Å². The molecule has 1 unspecified atom stereocenters. The lowest BCUT2D eigenvalue weighted by Gasteiger charge is -2.24. The molecule has 2 aromatic heterocycles. The van der Waals surface area contributed by atoms with Crippen molar-refractivity contribution >= 4 is 66.3 Å². The van der Waals surface area contributed by atoms with Gasteiger partial charge in [0.2, 0.25) is 0 Å². The number of amidine groups is 2. The molecule has 1 aliphatic rings. The smallest absolute Gasteiger partial charge is 0.159 e. The van der Waals surface area contributed by atoms with E-state index < -0.39 is 0 Å². The standard InChI is InChI=1S/C49H31N3O2/c1-3-13-30(14-4-1)31-23-25-33(26-24-31)48-50-47(32-15-5-2-6-16-32)51-49(52-48)40-28-35(29-43-44(40)37-19-9-11-21-41(37)53-43)39-27-34-17-7-8-18-36(34)45-38-20-10-12-22-42(38)54-46(39)45/h1-29,47H,(H,50,51,52). The van der Waals surface area contributed by atoms with Crippen molar-refractivity contribution in [3.05, 3.63) is 193 Å². The van der Waals surface area contributed by atoms with Crippen LogP contribution in [0.1, 0.15) is 22.9 Å². The van der Waals surface area contributed by atoms with E-state index in [2.05, 4.69) is 133 Å². The molecule has 0 fully saturated rings. The zero-order chi connectivity index (χ0) is 35.6. The molecule has 254 valence electrons. The molecule has 3 heterocycles. The number of nitrogens with one attached hydrogen (secondary N) is 1. The van der Waals surface area contributed by atoms with Crippen LogP contribution in [0.25, 0.3) is 76.9 Å². The average molecular weight is 694 g/mol. The molecular formula is C49H31N3O2. The summed E-state index contributed by atoms with van der Waals surface area (Å²) in [6.07, 6.45) is -0.359. The van der Waals surface area contributed by atoms with E-state index >= 15 is 0 Å². The van der Waals surface area contributed by atoms with Gasteiger partial charge in [-0.15, -0.1) is 0 Å². The molecular weight excluding hydrogens is 663 g/mol. The van der Waals surface area contributed by atoms with Crippen LogP contribution in [0, 0.1) is 0 Å². The van der Waals surface area contributed by atoms with E-state index in [0.717, 1.165) is 93.9 Å². The summed E-state index contributed by atoms with van der Waals surface area (Å²) in [6.45, 7) is 0. The van der Waals surface area contributed by atoms with Gasteiger partial charge in [0.25, 0.3) is 0 Å². The van der Waals surface area contributed by atoms with Gasteiger partial charge >= 0.3 is 0 Å². The summed E-state index contributed by atoms with van der Waals surface area (Å²) in [5.74, 6) is 1.38. The Morgan fingerprint density at radius 1 is 0.444 bits per heavy atom. The Labute approximate surface area is 310 Å². The monoisotopic (exact) mass is 693 g/mol. The summed E-state index contributed by atoms with van der Waals surface area (Å²) in [7, 11) is 0. The molecule has 0 spiro atoms. The van der Waals surface area contributed by atoms with Crippen LogP contribution >= 0.6 is 0 Å². The molecule has 11 rings (SSSR count). The van der Waals surface area contributed by atoms with E-state index in [-0.39, 0.29) is 6.17 Å². The van der Waals surface area contributed by atoms with Gasteiger partial charge in [-0.2, -0.15) is 0 Å².